The topological polar surface area (TPSA) is 24.8 Å². The van der Waals surface area contributed by atoms with Crippen LogP contribution < -0.4 is 4.74 Å². The van der Waals surface area contributed by atoms with Crippen LogP contribution in [0.15, 0.2) is 59.6 Å². The monoisotopic (exact) mass is 364 g/mol. The molecule has 144 valence electrons. The molecule has 3 atom stereocenters. The summed E-state index contributed by atoms with van der Waals surface area (Å²) in [5.41, 5.74) is 2.79. The molecule has 2 aromatic rings. The van der Waals surface area contributed by atoms with Gasteiger partial charge in [0.1, 0.15) is 5.75 Å². The molecule has 1 fully saturated rings. The van der Waals surface area contributed by atoms with E-state index in [1.165, 1.54) is 12.0 Å². The van der Waals surface area contributed by atoms with Crippen LogP contribution in [0.2, 0.25) is 0 Å². The van der Waals surface area contributed by atoms with Crippen molar-refractivity contribution in [2.45, 2.75) is 38.1 Å². The normalized spacial score (nSPS) is 26.4. The molecule has 2 aromatic carbocycles. The van der Waals surface area contributed by atoms with E-state index in [2.05, 4.69) is 68.3 Å². The van der Waals surface area contributed by atoms with Crippen LogP contribution in [0.3, 0.4) is 0 Å². The molecule has 1 heterocycles. The number of rotatable bonds is 6. The van der Waals surface area contributed by atoms with Gasteiger partial charge in [-0.05, 0) is 68.1 Å². The van der Waals surface area contributed by atoms with Gasteiger partial charge in [-0.2, -0.15) is 0 Å². The smallest absolute Gasteiger partial charge is 0.118 e. The summed E-state index contributed by atoms with van der Waals surface area (Å²) in [6.45, 7) is 6.74. The zero-order valence-electron chi connectivity index (χ0n) is 17.1. The molecule has 1 aliphatic heterocycles. The maximum absolute atomic E-state index is 5.22. The summed E-state index contributed by atoms with van der Waals surface area (Å²) in [5.74, 6) is 1.49. The fourth-order valence-electron chi connectivity index (χ4n) is 4.46. The summed E-state index contributed by atoms with van der Waals surface area (Å²) in [4.78, 5) is 7.25. The SMILES string of the molecule is COc1ccc(C=NCC[C@]2(c3ccccc3)C[C@@H](C)N(C)C[C@@H]2C)cc1. The van der Waals surface area contributed by atoms with Gasteiger partial charge in [0.05, 0.1) is 7.11 Å². The minimum atomic E-state index is 0.199. The first-order chi connectivity index (χ1) is 13.0. The predicted octanol–water partition coefficient (Wildman–Crippen LogP) is 4.80. The van der Waals surface area contributed by atoms with E-state index in [-0.39, 0.29) is 5.41 Å². The van der Waals surface area contributed by atoms with Crippen molar-refractivity contribution < 1.29 is 4.74 Å². The molecule has 0 saturated carbocycles. The molecule has 3 heteroatoms. The Morgan fingerprint density at radius 1 is 1.11 bits per heavy atom. The number of ether oxygens (including phenoxy) is 1. The van der Waals surface area contributed by atoms with Crippen molar-refractivity contribution in [3.63, 3.8) is 0 Å². The Labute approximate surface area is 164 Å². The fraction of sp³-hybridized carbons (Fsp3) is 0.458. The van der Waals surface area contributed by atoms with Crippen LogP contribution in [-0.2, 0) is 5.41 Å². The van der Waals surface area contributed by atoms with E-state index in [1.54, 1.807) is 7.11 Å². The lowest BCUT2D eigenvalue weighted by Gasteiger charge is -2.49. The first-order valence-corrected chi connectivity index (χ1v) is 9.95. The van der Waals surface area contributed by atoms with E-state index >= 15 is 0 Å². The van der Waals surface area contributed by atoms with Gasteiger partial charge in [0.15, 0.2) is 0 Å². The van der Waals surface area contributed by atoms with Crippen LogP contribution in [-0.4, -0.2) is 44.4 Å². The molecule has 0 aromatic heterocycles. The summed E-state index contributed by atoms with van der Waals surface area (Å²) < 4.78 is 5.22. The second-order valence-corrected chi connectivity index (χ2v) is 7.97. The van der Waals surface area contributed by atoms with Gasteiger partial charge in [-0.3, -0.25) is 4.99 Å². The molecule has 3 rings (SSSR count). The van der Waals surface area contributed by atoms with Crippen molar-refractivity contribution in [2.75, 3.05) is 27.2 Å². The number of methoxy groups -OCH3 is 1. The highest BCUT2D eigenvalue weighted by Crippen LogP contribution is 2.44. The zero-order chi connectivity index (χ0) is 19.3. The summed E-state index contributed by atoms with van der Waals surface area (Å²) >= 11 is 0. The number of benzene rings is 2. The van der Waals surface area contributed by atoms with Gasteiger partial charge in [0, 0.05) is 30.8 Å². The van der Waals surface area contributed by atoms with Crippen molar-refractivity contribution in [3.05, 3.63) is 65.7 Å². The third-order valence-corrected chi connectivity index (χ3v) is 6.31. The van der Waals surface area contributed by atoms with Gasteiger partial charge in [0.2, 0.25) is 0 Å². The Morgan fingerprint density at radius 2 is 1.81 bits per heavy atom. The Morgan fingerprint density at radius 3 is 2.48 bits per heavy atom. The minimum absolute atomic E-state index is 0.199. The van der Waals surface area contributed by atoms with Crippen molar-refractivity contribution in [1.82, 2.24) is 4.90 Å². The van der Waals surface area contributed by atoms with E-state index in [1.807, 2.05) is 18.3 Å². The van der Waals surface area contributed by atoms with Gasteiger partial charge >= 0.3 is 0 Å². The van der Waals surface area contributed by atoms with E-state index < -0.39 is 0 Å². The first kappa shape index (κ1) is 19.6. The van der Waals surface area contributed by atoms with Crippen LogP contribution in [0.25, 0.3) is 0 Å². The van der Waals surface area contributed by atoms with Gasteiger partial charge < -0.3 is 9.64 Å². The Kier molecular flexibility index (Phi) is 6.33. The molecule has 0 N–H and O–H groups in total. The van der Waals surface area contributed by atoms with Crippen LogP contribution in [0.1, 0.15) is 37.8 Å². The summed E-state index contributed by atoms with van der Waals surface area (Å²) in [7, 11) is 3.94. The van der Waals surface area contributed by atoms with Crippen LogP contribution in [0.5, 0.6) is 5.75 Å². The lowest BCUT2D eigenvalue weighted by molar-refractivity contribution is 0.0705. The van der Waals surface area contributed by atoms with Crippen LogP contribution in [0, 0.1) is 5.92 Å². The van der Waals surface area contributed by atoms with Crippen molar-refractivity contribution >= 4 is 6.21 Å². The zero-order valence-corrected chi connectivity index (χ0v) is 17.1. The molecule has 0 unspecified atom stereocenters. The molecule has 0 radical (unpaired) electrons. The van der Waals surface area contributed by atoms with E-state index in [9.17, 15) is 0 Å². The summed E-state index contributed by atoms with van der Waals surface area (Å²) in [6.07, 6.45) is 4.26. The number of hydrogen-bond acceptors (Lipinski definition) is 3. The molecular formula is C24H32N2O. The summed E-state index contributed by atoms with van der Waals surface area (Å²) in [6, 6.07) is 19.7. The number of aliphatic imine (C=N–C) groups is 1. The maximum atomic E-state index is 5.22. The molecule has 3 nitrogen and oxygen atoms in total. The predicted molar refractivity (Wildman–Crippen MR) is 114 cm³/mol. The van der Waals surface area contributed by atoms with Crippen LogP contribution in [0.4, 0.5) is 0 Å². The molecule has 27 heavy (non-hydrogen) atoms. The molecule has 0 amide bonds. The van der Waals surface area contributed by atoms with Gasteiger partial charge in [-0.25, -0.2) is 0 Å². The molecule has 1 saturated heterocycles. The Bertz CT molecular complexity index is 741. The van der Waals surface area contributed by atoms with Gasteiger partial charge in [-0.1, -0.05) is 37.3 Å². The second-order valence-electron chi connectivity index (χ2n) is 7.97. The standard InChI is InChI=1S/C24H32N2O/c1-19-18-26(3)20(2)16-24(19,22-8-6-5-7-9-22)14-15-25-17-21-10-12-23(27-4)13-11-21/h5-13,17,19-20H,14-16,18H2,1-4H3/t19-,20+,24-/m0/s1. The second kappa shape index (κ2) is 8.71. The molecular weight excluding hydrogens is 332 g/mol. The molecule has 0 aliphatic carbocycles. The lowest BCUT2D eigenvalue weighted by Crippen LogP contribution is -2.51. The molecule has 0 bridgehead atoms. The Balaban J connectivity index is 1.75. The van der Waals surface area contributed by atoms with Gasteiger partial charge in [0.25, 0.3) is 0 Å². The Hall–Kier alpha value is -2.13. The molecule has 1 aliphatic rings. The summed E-state index contributed by atoms with van der Waals surface area (Å²) in [5, 5.41) is 0. The highest BCUT2D eigenvalue weighted by Gasteiger charge is 2.43. The number of nitrogens with zero attached hydrogens (tertiary/aromatic N) is 2. The first-order valence-electron chi connectivity index (χ1n) is 9.95. The molecule has 0 spiro atoms. The highest BCUT2D eigenvalue weighted by molar-refractivity contribution is 5.79. The van der Waals surface area contributed by atoms with E-state index in [4.69, 9.17) is 9.73 Å². The average molecular weight is 365 g/mol. The average Bonchev–Trinajstić information content (AvgIpc) is 2.70. The number of piperidine rings is 1. The number of hydrogen-bond donors (Lipinski definition) is 0. The minimum Gasteiger partial charge on any atom is -0.497 e. The van der Waals surface area contributed by atoms with E-state index in [0.717, 1.165) is 30.8 Å². The quantitative estimate of drug-likeness (QED) is 0.688. The van der Waals surface area contributed by atoms with Crippen molar-refractivity contribution in [2.24, 2.45) is 10.9 Å². The third kappa shape index (κ3) is 4.41. The fourth-order valence-corrected chi connectivity index (χ4v) is 4.46. The third-order valence-electron chi connectivity index (χ3n) is 6.31. The number of likely N-dealkylation sites (tertiary alicyclic amines) is 1. The van der Waals surface area contributed by atoms with Gasteiger partial charge in [-0.15, -0.1) is 0 Å². The largest absolute Gasteiger partial charge is 0.497 e. The van der Waals surface area contributed by atoms with E-state index in [0.29, 0.717) is 12.0 Å². The van der Waals surface area contributed by atoms with Crippen molar-refractivity contribution in [1.29, 1.82) is 0 Å². The van der Waals surface area contributed by atoms with Crippen molar-refractivity contribution in [3.8, 4) is 5.75 Å². The maximum Gasteiger partial charge on any atom is 0.118 e. The highest BCUT2D eigenvalue weighted by atomic mass is 16.5. The lowest BCUT2D eigenvalue weighted by atomic mass is 9.63. The van der Waals surface area contributed by atoms with Crippen LogP contribution >= 0.6 is 0 Å².